The highest BCUT2D eigenvalue weighted by atomic mass is 32.1. The molecule has 0 aromatic heterocycles. The van der Waals surface area contributed by atoms with Crippen molar-refractivity contribution in [1.29, 1.82) is 0 Å². The van der Waals surface area contributed by atoms with Gasteiger partial charge >= 0.3 is 0 Å². The summed E-state index contributed by atoms with van der Waals surface area (Å²) >= 11 is 4.42. The van der Waals surface area contributed by atoms with E-state index >= 15 is 0 Å². The fraction of sp³-hybridized carbons (Fsp3) is 0.192. The van der Waals surface area contributed by atoms with Crippen molar-refractivity contribution in [2.75, 3.05) is 0 Å². The lowest BCUT2D eigenvalue weighted by atomic mass is 10.0. The zero-order valence-corrected chi connectivity index (χ0v) is 17.7. The molecular formula is C26H21F2NS. The molecule has 150 valence electrons. The Morgan fingerprint density at radius 3 is 2.20 bits per heavy atom. The fourth-order valence-corrected chi connectivity index (χ4v) is 3.26. The van der Waals surface area contributed by atoms with Crippen LogP contribution < -0.4 is 0 Å². The van der Waals surface area contributed by atoms with Gasteiger partial charge in [-0.05, 0) is 84.6 Å². The standard InChI is InChI=1S/C26H21F2NS/c1-3-4-5-20-9-11-21(18(2)14-20)10-6-19-7-12-22(13-8-19)23-15-24(27)26(29-17-30)25(28)16-23/h7-9,11-16H,3-5H2,1-2H3. The van der Waals surface area contributed by atoms with Crippen LogP contribution in [0.15, 0.2) is 59.6 Å². The first-order valence-corrected chi connectivity index (χ1v) is 10.2. The quantitative estimate of drug-likeness (QED) is 0.239. The molecule has 0 unspecified atom stereocenters. The SMILES string of the molecule is CCCCc1ccc(C#Cc2ccc(-c3cc(F)c(N=C=S)c(F)c3)cc2)c(C)c1. The molecule has 0 saturated carbocycles. The van der Waals surface area contributed by atoms with Crippen LogP contribution in [0.1, 0.15) is 42.0 Å². The van der Waals surface area contributed by atoms with Gasteiger partial charge < -0.3 is 0 Å². The Morgan fingerprint density at radius 2 is 1.60 bits per heavy atom. The summed E-state index contributed by atoms with van der Waals surface area (Å²) in [6, 6.07) is 16.1. The van der Waals surface area contributed by atoms with Crippen LogP contribution in [0.2, 0.25) is 0 Å². The second-order valence-corrected chi connectivity index (χ2v) is 7.25. The van der Waals surface area contributed by atoms with E-state index in [1.165, 1.54) is 30.5 Å². The maximum atomic E-state index is 14.1. The Hall–Kier alpha value is -3.12. The molecule has 0 fully saturated rings. The van der Waals surface area contributed by atoms with Crippen molar-refractivity contribution in [3.8, 4) is 23.0 Å². The lowest BCUT2D eigenvalue weighted by Crippen LogP contribution is -1.89. The Labute approximate surface area is 181 Å². The van der Waals surface area contributed by atoms with Gasteiger partial charge in [0.2, 0.25) is 0 Å². The summed E-state index contributed by atoms with van der Waals surface area (Å²) < 4.78 is 28.1. The highest BCUT2D eigenvalue weighted by Crippen LogP contribution is 2.29. The Morgan fingerprint density at radius 1 is 0.900 bits per heavy atom. The Balaban J connectivity index is 1.80. The van der Waals surface area contributed by atoms with E-state index in [1.807, 2.05) is 17.3 Å². The predicted octanol–water partition coefficient (Wildman–Crippen LogP) is 7.42. The largest absolute Gasteiger partial charge is 0.204 e. The van der Waals surface area contributed by atoms with Crippen molar-refractivity contribution in [2.45, 2.75) is 33.1 Å². The molecule has 0 amide bonds. The van der Waals surface area contributed by atoms with Crippen molar-refractivity contribution >= 4 is 23.1 Å². The van der Waals surface area contributed by atoms with Crippen molar-refractivity contribution in [1.82, 2.24) is 0 Å². The Kier molecular flexibility index (Phi) is 7.25. The van der Waals surface area contributed by atoms with Gasteiger partial charge in [0, 0.05) is 11.1 Å². The number of halogens is 2. The molecule has 0 bridgehead atoms. The molecule has 1 nitrogen and oxygen atoms in total. The van der Waals surface area contributed by atoms with E-state index in [0.717, 1.165) is 23.1 Å². The van der Waals surface area contributed by atoms with Gasteiger partial charge in [0.05, 0.1) is 5.16 Å². The molecule has 0 radical (unpaired) electrons. The second-order valence-electron chi connectivity index (χ2n) is 7.07. The number of hydrogen-bond donors (Lipinski definition) is 0. The number of rotatable bonds is 5. The summed E-state index contributed by atoms with van der Waals surface area (Å²) in [7, 11) is 0. The molecule has 3 aromatic rings. The highest BCUT2D eigenvalue weighted by molar-refractivity contribution is 7.78. The molecule has 0 aliphatic carbocycles. The summed E-state index contributed by atoms with van der Waals surface area (Å²) in [5.41, 5.74) is 5.02. The van der Waals surface area contributed by atoms with Crippen LogP contribution in [0.25, 0.3) is 11.1 Å². The minimum absolute atomic E-state index is 0.423. The summed E-state index contributed by atoms with van der Waals surface area (Å²) in [5.74, 6) is 4.82. The molecule has 0 aliphatic heterocycles. The van der Waals surface area contributed by atoms with E-state index in [1.54, 1.807) is 12.1 Å². The highest BCUT2D eigenvalue weighted by Gasteiger charge is 2.11. The molecule has 0 heterocycles. The van der Waals surface area contributed by atoms with E-state index < -0.39 is 17.3 Å². The third-order valence-corrected chi connectivity index (χ3v) is 4.94. The minimum Gasteiger partial charge on any atom is -0.204 e. The third-order valence-electron chi connectivity index (χ3n) is 4.84. The lowest BCUT2D eigenvalue weighted by Gasteiger charge is -2.05. The topological polar surface area (TPSA) is 12.4 Å². The first-order chi connectivity index (χ1) is 14.5. The number of aryl methyl sites for hydroxylation is 2. The number of unbranched alkanes of at least 4 members (excludes halogenated alkanes) is 1. The summed E-state index contributed by atoms with van der Waals surface area (Å²) in [5, 5.41) is 1.99. The molecule has 3 rings (SSSR count). The average molecular weight is 418 g/mol. The normalized spacial score (nSPS) is 10.1. The van der Waals surface area contributed by atoms with Gasteiger partial charge in [0.1, 0.15) is 5.69 Å². The van der Waals surface area contributed by atoms with E-state index in [-0.39, 0.29) is 0 Å². The molecular weight excluding hydrogens is 396 g/mol. The monoisotopic (exact) mass is 417 g/mol. The molecule has 0 aliphatic rings. The summed E-state index contributed by atoms with van der Waals surface area (Å²) in [6.07, 6.45) is 3.46. The van der Waals surface area contributed by atoms with Gasteiger partial charge in [-0.25, -0.2) is 8.78 Å². The molecule has 0 atom stereocenters. The van der Waals surface area contributed by atoms with Crippen molar-refractivity contribution in [2.24, 2.45) is 4.99 Å². The van der Waals surface area contributed by atoms with Crippen molar-refractivity contribution in [3.63, 3.8) is 0 Å². The van der Waals surface area contributed by atoms with Gasteiger partial charge in [-0.2, -0.15) is 4.99 Å². The molecule has 4 heteroatoms. The van der Waals surface area contributed by atoms with Crippen LogP contribution in [0.3, 0.4) is 0 Å². The predicted molar refractivity (Wildman–Crippen MR) is 122 cm³/mol. The Bertz CT molecular complexity index is 1140. The van der Waals surface area contributed by atoms with Crippen LogP contribution in [0, 0.1) is 30.4 Å². The number of isothiocyanates is 1. The third kappa shape index (κ3) is 5.27. The number of nitrogens with zero attached hydrogens (tertiary/aromatic N) is 1. The van der Waals surface area contributed by atoms with Crippen LogP contribution in [0.5, 0.6) is 0 Å². The number of aliphatic imine (C=N–C) groups is 1. The molecule has 3 aromatic carbocycles. The van der Waals surface area contributed by atoms with Crippen molar-refractivity contribution < 1.29 is 8.78 Å². The van der Waals surface area contributed by atoms with E-state index in [4.69, 9.17) is 0 Å². The molecule has 0 saturated heterocycles. The van der Waals surface area contributed by atoms with Gasteiger partial charge in [-0.15, -0.1) is 0 Å². The molecule has 30 heavy (non-hydrogen) atoms. The van der Waals surface area contributed by atoms with Crippen LogP contribution >= 0.6 is 12.2 Å². The number of benzene rings is 3. The smallest absolute Gasteiger partial charge is 0.153 e. The zero-order valence-electron chi connectivity index (χ0n) is 16.9. The average Bonchev–Trinajstić information content (AvgIpc) is 2.74. The van der Waals surface area contributed by atoms with Crippen LogP contribution in [-0.2, 0) is 6.42 Å². The lowest BCUT2D eigenvalue weighted by molar-refractivity contribution is 0.588. The summed E-state index contributed by atoms with van der Waals surface area (Å²) in [6.45, 7) is 4.26. The summed E-state index contributed by atoms with van der Waals surface area (Å²) in [4.78, 5) is 3.43. The van der Waals surface area contributed by atoms with Gasteiger partial charge in [-0.1, -0.05) is 49.5 Å². The maximum Gasteiger partial charge on any atom is 0.153 e. The van der Waals surface area contributed by atoms with Gasteiger partial charge in [-0.3, -0.25) is 0 Å². The number of hydrogen-bond acceptors (Lipinski definition) is 2. The second kappa shape index (κ2) is 10.1. The van der Waals surface area contributed by atoms with E-state index in [0.29, 0.717) is 11.1 Å². The molecule has 0 spiro atoms. The van der Waals surface area contributed by atoms with Crippen molar-refractivity contribution in [3.05, 3.63) is 88.5 Å². The van der Waals surface area contributed by atoms with E-state index in [9.17, 15) is 8.78 Å². The van der Waals surface area contributed by atoms with Crippen LogP contribution in [0.4, 0.5) is 14.5 Å². The first kappa shape index (κ1) is 21.6. The maximum absolute atomic E-state index is 14.1. The molecule has 0 N–H and O–H groups in total. The first-order valence-electron chi connectivity index (χ1n) is 9.80. The minimum atomic E-state index is -0.774. The van der Waals surface area contributed by atoms with Gasteiger partial charge in [0.25, 0.3) is 0 Å². The van der Waals surface area contributed by atoms with Gasteiger partial charge in [0.15, 0.2) is 11.6 Å². The zero-order chi connectivity index (χ0) is 21.5. The fourth-order valence-electron chi connectivity index (χ4n) is 3.17. The number of thiocarbonyl (C=S) groups is 1. The van der Waals surface area contributed by atoms with E-state index in [2.05, 4.69) is 61.1 Å². The van der Waals surface area contributed by atoms with Crippen LogP contribution in [-0.4, -0.2) is 5.16 Å².